The van der Waals surface area contributed by atoms with Crippen LogP contribution in [0.15, 0.2) is 72.8 Å². The van der Waals surface area contributed by atoms with Crippen molar-refractivity contribution in [3.63, 3.8) is 0 Å². The fourth-order valence-electron chi connectivity index (χ4n) is 5.84. The number of piperidine rings is 1. The number of urea groups is 1. The number of anilines is 2. The molecule has 236 valence electrons. The number of nitrogens with one attached hydrogen (secondary N) is 3. The molecule has 1 aliphatic heterocycles. The van der Waals surface area contributed by atoms with Crippen LogP contribution in [0.3, 0.4) is 0 Å². The van der Waals surface area contributed by atoms with E-state index in [1.165, 1.54) is 0 Å². The maximum absolute atomic E-state index is 14.2. The van der Waals surface area contributed by atoms with Gasteiger partial charge in [-0.2, -0.15) is 5.10 Å². The second-order valence-electron chi connectivity index (χ2n) is 12.6. The van der Waals surface area contributed by atoms with Gasteiger partial charge in [0.1, 0.15) is 5.82 Å². The predicted octanol–water partition coefficient (Wildman–Crippen LogP) is 7.11. The number of hydrogen-bond donors (Lipinski definition) is 3. The van der Waals surface area contributed by atoms with E-state index in [4.69, 9.17) is 14.6 Å². The average Bonchev–Trinajstić information content (AvgIpc) is 3.46. The Balaban J connectivity index is 1.38. The van der Waals surface area contributed by atoms with Gasteiger partial charge in [0.15, 0.2) is 17.3 Å². The van der Waals surface area contributed by atoms with E-state index in [1.807, 2.05) is 67.6 Å². The molecule has 1 fully saturated rings. The van der Waals surface area contributed by atoms with Crippen molar-refractivity contribution in [1.82, 2.24) is 15.1 Å². The third-order valence-electron chi connectivity index (χ3n) is 8.33. The number of carbonyl (C=O) groups excluding carboxylic acids is 2. The second kappa shape index (κ2) is 13.6. The minimum Gasteiger partial charge on any atom is -0.493 e. The van der Waals surface area contributed by atoms with Gasteiger partial charge in [-0.3, -0.25) is 10.1 Å². The van der Waals surface area contributed by atoms with Crippen LogP contribution >= 0.6 is 0 Å². The number of ether oxygens (including phenoxy) is 2. The lowest BCUT2D eigenvalue weighted by Crippen LogP contribution is -2.33. The first kappa shape index (κ1) is 31.8. The van der Waals surface area contributed by atoms with Crippen LogP contribution in [0.25, 0.3) is 5.69 Å². The highest BCUT2D eigenvalue weighted by Crippen LogP contribution is 2.39. The van der Waals surface area contributed by atoms with Crippen LogP contribution in [0.2, 0.25) is 0 Å². The molecule has 0 spiro atoms. The lowest BCUT2D eigenvalue weighted by Gasteiger charge is -2.31. The molecular formula is C36H43N5O4. The van der Waals surface area contributed by atoms with Gasteiger partial charge in [-0.05, 0) is 80.7 Å². The van der Waals surface area contributed by atoms with Crippen molar-refractivity contribution in [1.29, 1.82) is 0 Å². The van der Waals surface area contributed by atoms with Gasteiger partial charge in [0.05, 0.1) is 37.1 Å². The summed E-state index contributed by atoms with van der Waals surface area (Å²) in [5.74, 6) is 1.33. The number of carbonyl (C=O) groups is 2. The van der Waals surface area contributed by atoms with Crippen LogP contribution < -0.4 is 25.4 Å². The number of benzene rings is 3. The van der Waals surface area contributed by atoms with E-state index < -0.39 is 0 Å². The smallest absolute Gasteiger partial charge is 0.324 e. The van der Waals surface area contributed by atoms with Crippen molar-refractivity contribution in [3.8, 4) is 17.2 Å². The zero-order valence-electron chi connectivity index (χ0n) is 26.9. The highest BCUT2D eigenvalue weighted by Gasteiger charge is 2.33. The van der Waals surface area contributed by atoms with Crippen molar-refractivity contribution >= 4 is 23.3 Å². The quantitative estimate of drug-likeness (QED) is 0.175. The maximum atomic E-state index is 14.2. The number of aryl methyl sites for hydroxylation is 1. The number of methoxy groups -OCH3 is 2. The fourth-order valence-corrected chi connectivity index (χ4v) is 5.84. The summed E-state index contributed by atoms with van der Waals surface area (Å²) < 4.78 is 12.8. The first-order valence-corrected chi connectivity index (χ1v) is 15.4. The summed E-state index contributed by atoms with van der Waals surface area (Å²) in [4.78, 5) is 27.4. The summed E-state index contributed by atoms with van der Waals surface area (Å²) in [6.45, 7) is 10.0. The lowest BCUT2D eigenvalue weighted by molar-refractivity contribution is 0.0912. The van der Waals surface area contributed by atoms with E-state index in [0.717, 1.165) is 48.4 Å². The highest BCUT2D eigenvalue weighted by atomic mass is 16.5. The molecule has 3 aromatic carbocycles. The molecular weight excluding hydrogens is 566 g/mol. The minimum atomic E-state index is -0.386. The zero-order chi connectivity index (χ0) is 32.1. The number of amides is 2. The number of rotatable bonds is 9. The molecule has 1 atom stereocenters. The van der Waals surface area contributed by atoms with Crippen LogP contribution in [0.5, 0.6) is 11.5 Å². The number of nitrogens with zero attached hydrogens (tertiary/aromatic N) is 2. The molecule has 0 bridgehead atoms. The van der Waals surface area contributed by atoms with Crippen molar-refractivity contribution in [2.45, 2.75) is 51.9 Å². The summed E-state index contributed by atoms with van der Waals surface area (Å²) in [6.07, 6.45) is 1.77. The summed E-state index contributed by atoms with van der Waals surface area (Å²) in [5.41, 5.74) is 4.68. The lowest BCUT2D eigenvalue weighted by atomic mass is 9.76. The van der Waals surface area contributed by atoms with E-state index >= 15 is 0 Å². The summed E-state index contributed by atoms with van der Waals surface area (Å²) in [7, 11) is 3.12. The number of Topliss-reactive ketones (excluding diaryl/α,β-unsaturated/α-hetero) is 1. The molecule has 1 saturated heterocycles. The van der Waals surface area contributed by atoms with Gasteiger partial charge in [0, 0.05) is 17.2 Å². The molecule has 4 aromatic rings. The minimum absolute atomic E-state index is 0.00452. The molecule has 45 heavy (non-hydrogen) atoms. The molecule has 0 aliphatic carbocycles. The Labute approximate surface area is 265 Å². The van der Waals surface area contributed by atoms with Crippen LogP contribution in [-0.4, -0.2) is 48.9 Å². The number of para-hydroxylation sites is 1. The molecule has 1 unspecified atom stereocenters. The van der Waals surface area contributed by atoms with Crippen molar-refractivity contribution < 1.29 is 19.1 Å². The van der Waals surface area contributed by atoms with Gasteiger partial charge >= 0.3 is 6.03 Å². The third-order valence-corrected chi connectivity index (χ3v) is 8.33. The third kappa shape index (κ3) is 7.20. The van der Waals surface area contributed by atoms with E-state index in [0.29, 0.717) is 28.6 Å². The number of hydrogen-bond acceptors (Lipinski definition) is 6. The molecule has 2 heterocycles. The molecule has 5 rings (SSSR count). The molecule has 0 saturated carbocycles. The van der Waals surface area contributed by atoms with E-state index in [-0.39, 0.29) is 29.1 Å². The van der Waals surface area contributed by atoms with Gasteiger partial charge in [0.25, 0.3) is 0 Å². The number of ketones is 1. The zero-order valence-corrected chi connectivity index (χ0v) is 26.9. The average molecular weight is 610 g/mol. The van der Waals surface area contributed by atoms with Gasteiger partial charge in [-0.25, -0.2) is 9.48 Å². The summed E-state index contributed by atoms with van der Waals surface area (Å²) in [6, 6.07) is 22.5. The Morgan fingerprint density at radius 1 is 0.933 bits per heavy atom. The first-order chi connectivity index (χ1) is 21.6. The molecule has 1 aliphatic rings. The van der Waals surface area contributed by atoms with Gasteiger partial charge in [-0.1, -0.05) is 56.7 Å². The van der Waals surface area contributed by atoms with Gasteiger partial charge in [-0.15, -0.1) is 0 Å². The fraction of sp³-hybridized carbons (Fsp3) is 0.361. The van der Waals surface area contributed by atoms with E-state index in [9.17, 15) is 9.59 Å². The van der Waals surface area contributed by atoms with Crippen molar-refractivity contribution in [2.24, 2.45) is 5.92 Å². The largest absolute Gasteiger partial charge is 0.493 e. The van der Waals surface area contributed by atoms with Crippen LogP contribution in [0.1, 0.15) is 66.7 Å². The molecule has 9 heteroatoms. The van der Waals surface area contributed by atoms with Crippen LogP contribution in [-0.2, 0) is 5.41 Å². The Bertz CT molecular complexity index is 1630. The van der Waals surface area contributed by atoms with Gasteiger partial charge in [0.2, 0.25) is 0 Å². The maximum Gasteiger partial charge on any atom is 0.324 e. The van der Waals surface area contributed by atoms with Crippen molar-refractivity contribution in [2.75, 3.05) is 37.9 Å². The Hall–Kier alpha value is -4.63. The SMILES string of the molecule is COc1cccc(C(=O)C(c2ccc(NC(=O)Nc3cc(C(C)(C)C)nn3-c3ccc(C)cc3)cc2)C2CCNCC2)c1OC. The Morgan fingerprint density at radius 2 is 1.62 bits per heavy atom. The summed E-state index contributed by atoms with van der Waals surface area (Å²) >= 11 is 0. The molecule has 1 aromatic heterocycles. The van der Waals surface area contributed by atoms with Gasteiger partial charge < -0.3 is 20.1 Å². The second-order valence-corrected chi connectivity index (χ2v) is 12.6. The normalized spacial score (nSPS) is 14.4. The molecule has 9 nitrogen and oxygen atoms in total. The van der Waals surface area contributed by atoms with Crippen molar-refractivity contribution in [3.05, 3.63) is 95.2 Å². The van der Waals surface area contributed by atoms with E-state index in [1.54, 1.807) is 31.0 Å². The predicted molar refractivity (Wildman–Crippen MR) is 178 cm³/mol. The highest BCUT2D eigenvalue weighted by molar-refractivity contribution is 6.04. The molecule has 2 amide bonds. The van der Waals surface area contributed by atoms with Crippen LogP contribution in [0, 0.1) is 12.8 Å². The Kier molecular flexibility index (Phi) is 9.58. The molecule has 0 radical (unpaired) electrons. The number of aromatic nitrogens is 2. The molecule has 3 N–H and O–H groups in total. The standard InChI is InChI=1S/C36H43N5O4/c1-23-10-16-27(17-11-23)41-31(22-30(40-41)36(2,3)4)39-35(43)38-26-14-12-24(13-15-26)32(25-18-20-37-21-19-25)33(42)28-8-7-9-29(44-5)34(28)45-6/h7-17,22,25,32,37H,18-21H2,1-6H3,(H2,38,39,43). The first-order valence-electron chi connectivity index (χ1n) is 15.4. The Morgan fingerprint density at radius 3 is 2.24 bits per heavy atom. The van der Waals surface area contributed by atoms with Crippen LogP contribution in [0.4, 0.5) is 16.3 Å². The monoisotopic (exact) mass is 609 g/mol. The summed E-state index contributed by atoms with van der Waals surface area (Å²) in [5, 5.41) is 14.1. The topological polar surface area (TPSA) is 107 Å². The van der Waals surface area contributed by atoms with E-state index in [2.05, 4.69) is 36.7 Å².